The fourth-order valence-electron chi connectivity index (χ4n) is 3.54. The fourth-order valence-corrected chi connectivity index (χ4v) is 4.86. The van der Waals surface area contributed by atoms with Crippen molar-refractivity contribution in [2.24, 2.45) is 7.05 Å². The summed E-state index contributed by atoms with van der Waals surface area (Å²) in [4.78, 5) is 17.6. The Morgan fingerprint density at radius 3 is 2.24 bits per heavy atom. The molecule has 3 aromatic carbocycles. The lowest BCUT2D eigenvalue weighted by Crippen LogP contribution is -2.31. The summed E-state index contributed by atoms with van der Waals surface area (Å²) >= 11 is 6.03. The number of hydrogen-bond acceptors (Lipinski definition) is 4. The van der Waals surface area contributed by atoms with Gasteiger partial charge >= 0.3 is 0 Å². The van der Waals surface area contributed by atoms with E-state index in [-0.39, 0.29) is 10.8 Å². The predicted molar refractivity (Wildman–Crippen MR) is 132 cm³/mol. The van der Waals surface area contributed by atoms with Gasteiger partial charge in [0.15, 0.2) is 0 Å². The van der Waals surface area contributed by atoms with Crippen molar-refractivity contribution in [1.82, 2.24) is 14.9 Å². The molecule has 1 heterocycles. The van der Waals surface area contributed by atoms with Crippen LogP contribution in [0.3, 0.4) is 0 Å². The number of aromatic nitrogens is 2. The number of benzene rings is 3. The fraction of sp³-hybridized carbons (Fsp3) is 0.120. The first-order valence-corrected chi connectivity index (χ1v) is 12.3. The molecule has 1 N–H and O–H groups in total. The van der Waals surface area contributed by atoms with Crippen LogP contribution < -0.4 is 9.62 Å². The maximum Gasteiger partial charge on any atom is 0.264 e. The summed E-state index contributed by atoms with van der Waals surface area (Å²) in [6.07, 6.45) is 3.46. The van der Waals surface area contributed by atoms with Gasteiger partial charge in [-0.25, -0.2) is 13.4 Å². The molecule has 1 aromatic heterocycles. The van der Waals surface area contributed by atoms with Gasteiger partial charge in [0.05, 0.1) is 10.6 Å². The van der Waals surface area contributed by atoms with E-state index in [2.05, 4.69) is 10.3 Å². The minimum Gasteiger partial charge on any atom is -0.338 e. The molecule has 4 aromatic rings. The Morgan fingerprint density at radius 1 is 1.00 bits per heavy atom. The number of carbonyl (C=O) groups excluding carboxylic acids is 1. The van der Waals surface area contributed by atoms with Crippen molar-refractivity contribution in [3.8, 4) is 0 Å². The van der Waals surface area contributed by atoms with Gasteiger partial charge in [0.1, 0.15) is 11.9 Å². The van der Waals surface area contributed by atoms with Crippen LogP contribution in [-0.4, -0.2) is 30.9 Å². The molecule has 4 rings (SSSR count). The Labute approximate surface area is 203 Å². The molecule has 0 spiro atoms. The van der Waals surface area contributed by atoms with Gasteiger partial charge in [-0.1, -0.05) is 41.9 Å². The lowest BCUT2D eigenvalue weighted by atomic mass is 10.1. The van der Waals surface area contributed by atoms with E-state index in [1.807, 2.05) is 29.8 Å². The highest BCUT2D eigenvalue weighted by atomic mass is 35.5. The highest BCUT2D eigenvalue weighted by molar-refractivity contribution is 7.92. The zero-order valence-electron chi connectivity index (χ0n) is 18.6. The number of hydrogen-bond donors (Lipinski definition) is 1. The van der Waals surface area contributed by atoms with Gasteiger partial charge < -0.3 is 9.88 Å². The van der Waals surface area contributed by atoms with E-state index in [1.165, 1.54) is 35.6 Å². The van der Waals surface area contributed by atoms with Crippen LogP contribution in [0.25, 0.3) is 0 Å². The van der Waals surface area contributed by atoms with Crippen molar-refractivity contribution in [1.29, 1.82) is 0 Å². The third-order valence-electron chi connectivity index (χ3n) is 5.49. The minimum atomic E-state index is -3.77. The summed E-state index contributed by atoms with van der Waals surface area (Å²) in [6, 6.07) is 21.3. The summed E-state index contributed by atoms with van der Waals surface area (Å²) in [7, 11) is -0.427. The summed E-state index contributed by atoms with van der Waals surface area (Å²) in [5.74, 6) is 0.294. The highest BCUT2D eigenvalue weighted by Crippen LogP contribution is 2.24. The van der Waals surface area contributed by atoms with Crippen LogP contribution in [0.5, 0.6) is 0 Å². The molecule has 34 heavy (non-hydrogen) atoms. The first-order valence-electron chi connectivity index (χ1n) is 10.4. The van der Waals surface area contributed by atoms with E-state index in [9.17, 15) is 13.2 Å². The zero-order valence-corrected chi connectivity index (χ0v) is 20.2. The van der Waals surface area contributed by atoms with Crippen LogP contribution >= 0.6 is 11.6 Å². The molecule has 0 radical (unpaired) electrons. The highest BCUT2D eigenvalue weighted by Gasteiger charge is 2.24. The monoisotopic (exact) mass is 494 g/mol. The Kier molecular flexibility index (Phi) is 6.72. The number of amides is 1. The molecule has 0 fully saturated rings. The molecule has 0 bridgehead atoms. The van der Waals surface area contributed by atoms with Crippen LogP contribution in [0.2, 0.25) is 5.02 Å². The summed E-state index contributed by atoms with van der Waals surface area (Å²) in [6.45, 7) is 0. The number of nitrogens with zero attached hydrogens (tertiary/aromatic N) is 3. The second kappa shape index (κ2) is 9.70. The van der Waals surface area contributed by atoms with Gasteiger partial charge in [-0.15, -0.1) is 0 Å². The van der Waals surface area contributed by atoms with E-state index < -0.39 is 16.1 Å². The van der Waals surface area contributed by atoms with Crippen molar-refractivity contribution < 1.29 is 13.2 Å². The van der Waals surface area contributed by atoms with Crippen molar-refractivity contribution in [2.75, 3.05) is 11.4 Å². The van der Waals surface area contributed by atoms with E-state index in [1.54, 1.807) is 48.8 Å². The maximum atomic E-state index is 13.1. The van der Waals surface area contributed by atoms with Crippen molar-refractivity contribution >= 4 is 33.2 Å². The SMILES string of the molecule is CN(c1ccccc1)S(=O)(=O)c1ccc(C(=O)N[C@@H](c2ccc(Cl)cc2)c2nccn2C)cc1. The van der Waals surface area contributed by atoms with Gasteiger partial charge in [-0.2, -0.15) is 0 Å². The topological polar surface area (TPSA) is 84.3 Å². The minimum absolute atomic E-state index is 0.0914. The Hall–Kier alpha value is -3.62. The van der Waals surface area contributed by atoms with Crippen molar-refractivity contribution in [3.63, 3.8) is 0 Å². The van der Waals surface area contributed by atoms with Crippen molar-refractivity contribution in [2.45, 2.75) is 10.9 Å². The van der Waals surface area contributed by atoms with Crippen LogP contribution in [0.1, 0.15) is 27.8 Å². The van der Waals surface area contributed by atoms with E-state index in [0.29, 0.717) is 22.1 Å². The van der Waals surface area contributed by atoms with E-state index in [4.69, 9.17) is 11.6 Å². The lowest BCUT2D eigenvalue weighted by Gasteiger charge is -2.20. The molecule has 0 aliphatic carbocycles. The molecule has 1 amide bonds. The molecule has 0 saturated carbocycles. The predicted octanol–water partition coefficient (Wildman–Crippen LogP) is 4.42. The summed E-state index contributed by atoms with van der Waals surface area (Å²) < 4.78 is 29.0. The first kappa shape index (κ1) is 23.5. The molecule has 0 aliphatic rings. The zero-order chi connectivity index (χ0) is 24.3. The van der Waals surface area contributed by atoms with Gasteiger partial charge in [0.25, 0.3) is 15.9 Å². The molecule has 0 aliphatic heterocycles. The molecule has 1 atom stereocenters. The largest absolute Gasteiger partial charge is 0.338 e. The van der Waals surface area contributed by atoms with Crippen LogP contribution in [0, 0.1) is 0 Å². The second-order valence-electron chi connectivity index (χ2n) is 7.69. The number of aryl methyl sites for hydroxylation is 1. The number of halogens is 1. The first-order chi connectivity index (χ1) is 16.3. The van der Waals surface area contributed by atoms with Gasteiger partial charge in [-0.3, -0.25) is 9.10 Å². The number of nitrogens with one attached hydrogen (secondary N) is 1. The maximum absolute atomic E-state index is 13.1. The smallest absolute Gasteiger partial charge is 0.264 e. The quantitative estimate of drug-likeness (QED) is 0.412. The molecule has 9 heteroatoms. The number of imidazole rings is 1. The summed E-state index contributed by atoms with van der Waals surface area (Å²) in [5.41, 5.74) is 1.69. The van der Waals surface area contributed by atoms with Gasteiger partial charge in [0.2, 0.25) is 0 Å². The third-order valence-corrected chi connectivity index (χ3v) is 7.54. The van der Waals surface area contributed by atoms with E-state index in [0.717, 1.165) is 5.56 Å². The molecular formula is C25H23ClN4O3S. The Balaban J connectivity index is 1.58. The van der Waals surface area contributed by atoms with Crippen LogP contribution in [0.15, 0.2) is 96.2 Å². The second-order valence-corrected chi connectivity index (χ2v) is 10.1. The van der Waals surface area contributed by atoms with Crippen molar-refractivity contribution in [3.05, 3.63) is 113 Å². The van der Waals surface area contributed by atoms with E-state index >= 15 is 0 Å². The number of carbonyl (C=O) groups is 1. The average Bonchev–Trinajstić information content (AvgIpc) is 3.28. The van der Waals surface area contributed by atoms with Gasteiger partial charge in [-0.05, 0) is 54.1 Å². The molecule has 0 unspecified atom stereocenters. The molecular weight excluding hydrogens is 472 g/mol. The number of sulfonamides is 1. The third kappa shape index (κ3) is 4.83. The normalized spacial score (nSPS) is 12.2. The average molecular weight is 495 g/mol. The molecule has 174 valence electrons. The van der Waals surface area contributed by atoms with Crippen LogP contribution in [0.4, 0.5) is 5.69 Å². The lowest BCUT2D eigenvalue weighted by molar-refractivity contribution is 0.0941. The number of para-hydroxylation sites is 1. The molecule has 7 nitrogen and oxygen atoms in total. The van der Waals surface area contributed by atoms with Crippen LogP contribution in [-0.2, 0) is 17.1 Å². The Morgan fingerprint density at radius 2 is 1.65 bits per heavy atom. The molecule has 0 saturated heterocycles. The number of anilines is 1. The number of rotatable bonds is 7. The van der Waals surface area contributed by atoms with Gasteiger partial charge in [0, 0.05) is 37.1 Å². The summed E-state index contributed by atoms with van der Waals surface area (Å²) in [5, 5.41) is 3.58. The Bertz CT molecular complexity index is 1390. The standard InChI is InChI=1S/C25H23ClN4O3S/c1-29-17-16-27-24(29)23(18-8-12-20(26)13-9-18)28-25(31)19-10-14-22(15-11-19)34(32,33)30(2)21-6-4-3-5-7-21/h3-17,23H,1-2H3,(H,28,31)/t23-/m0/s1.